The van der Waals surface area contributed by atoms with Gasteiger partial charge in [-0.25, -0.2) is 9.48 Å². The smallest absolute Gasteiger partial charge is 0.298 e. The first-order chi connectivity index (χ1) is 12.0. The van der Waals surface area contributed by atoms with Crippen molar-refractivity contribution in [1.29, 1.82) is 0 Å². The molecule has 0 fully saturated rings. The zero-order valence-corrected chi connectivity index (χ0v) is 16.6. The van der Waals surface area contributed by atoms with Crippen molar-refractivity contribution in [2.24, 2.45) is 10.6 Å². The molecule has 0 aliphatic heterocycles. The van der Waals surface area contributed by atoms with E-state index < -0.39 is 6.09 Å². The zero-order valence-electron chi connectivity index (χ0n) is 16.6. The van der Waals surface area contributed by atoms with E-state index in [1.54, 1.807) is 0 Å². The molecular formula is C20H28N4O2. The summed E-state index contributed by atoms with van der Waals surface area (Å²) in [5, 5.41) is 11.1. The van der Waals surface area contributed by atoms with Crippen molar-refractivity contribution < 1.29 is 9.63 Å². The Morgan fingerprint density at radius 3 is 2.27 bits per heavy atom. The predicted molar refractivity (Wildman–Crippen MR) is 105 cm³/mol. The molecule has 0 bridgehead atoms. The molecule has 1 aromatic carbocycles. The molecule has 1 N–H and O–H groups in total. The quantitative estimate of drug-likeness (QED) is 0.470. The Labute approximate surface area is 155 Å². The number of nitrogens with one attached hydrogen (secondary N) is 1. The highest BCUT2D eigenvalue weighted by atomic mass is 16.7. The normalized spacial score (nSPS) is 12.8. The van der Waals surface area contributed by atoms with Gasteiger partial charge in [0, 0.05) is 16.9 Å². The van der Waals surface area contributed by atoms with Crippen molar-refractivity contribution in [2.75, 3.05) is 5.32 Å². The number of anilines is 1. The minimum absolute atomic E-state index is 0.145. The molecule has 0 atom stereocenters. The van der Waals surface area contributed by atoms with Gasteiger partial charge in [-0.3, -0.25) is 10.2 Å². The fraction of sp³-hybridized carbons (Fsp3) is 0.450. The Hall–Kier alpha value is -2.63. The van der Waals surface area contributed by atoms with E-state index in [1.807, 2.05) is 68.8 Å². The Bertz CT molecular complexity index is 793. The average molecular weight is 356 g/mol. The molecular weight excluding hydrogens is 328 g/mol. The van der Waals surface area contributed by atoms with Gasteiger partial charge in [0.1, 0.15) is 0 Å². The van der Waals surface area contributed by atoms with Crippen LogP contribution in [-0.4, -0.2) is 21.6 Å². The second kappa shape index (κ2) is 7.32. The number of carbonyl (C=O) groups excluding carboxylic acids is 1. The first kappa shape index (κ1) is 19.7. The van der Waals surface area contributed by atoms with E-state index in [0.29, 0.717) is 5.82 Å². The molecule has 0 aliphatic rings. The Morgan fingerprint density at radius 2 is 1.73 bits per heavy atom. The van der Waals surface area contributed by atoms with Crippen molar-refractivity contribution >= 4 is 17.6 Å². The van der Waals surface area contributed by atoms with Crippen LogP contribution in [-0.2, 0) is 10.3 Å². The molecule has 0 saturated heterocycles. The molecule has 0 saturated carbocycles. The molecule has 6 heteroatoms. The summed E-state index contributed by atoms with van der Waals surface area (Å²) in [6, 6.07) is 11.7. The van der Waals surface area contributed by atoms with Crippen LogP contribution in [0.3, 0.4) is 0 Å². The van der Waals surface area contributed by atoms with Gasteiger partial charge in [-0.15, -0.1) is 5.10 Å². The van der Waals surface area contributed by atoms with E-state index in [-0.39, 0.29) is 10.8 Å². The summed E-state index contributed by atoms with van der Waals surface area (Å²) in [6.45, 7) is 14.1. The van der Waals surface area contributed by atoms with E-state index in [4.69, 9.17) is 4.84 Å². The number of aromatic nitrogens is 2. The molecule has 26 heavy (non-hydrogen) atoms. The highest BCUT2D eigenvalue weighted by Gasteiger charge is 2.23. The molecule has 1 aromatic heterocycles. The Kier molecular flexibility index (Phi) is 5.54. The number of carbonyl (C=O) groups is 1. The van der Waals surface area contributed by atoms with Crippen LogP contribution in [0.4, 0.5) is 10.6 Å². The SMILES string of the molecule is CC(=NOC(=O)Nc1cc(C(C)(C)C)n(-c2ccccc2)n1)C(C)(C)C. The number of oxime groups is 1. The number of nitrogens with zero attached hydrogens (tertiary/aromatic N) is 3. The molecule has 1 amide bonds. The number of benzene rings is 1. The van der Waals surface area contributed by atoms with Gasteiger partial charge in [-0.2, -0.15) is 0 Å². The van der Waals surface area contributed by atoms with E-state index in [0.717, 1.165) is 17.1 Å². The lowest BCUT2D eigenvalue weighted by atomic mass is 9.91. The van der Waals surface area contributed by atoms with Gasteiger partial charge in [-0.05, 0) is 19.1 Å². The first-order valence-electron chi connectivity index (χ1n) is 8.67. The second-order valence-corrected chi connectivity index (χ2v) is 8.34. The van der Waals surface area contributed by atoms with E-state index in [1.165, 1.54) is 0 Å². The summed E-state index contributed by atoms with van der Waals surface area (Å²) < 4.78 is 1.83. The average Bonchev–Trinajstić information content (AvgIpc) is 2.96. The first-order valence-corrected chi connectivity index (χ1v) is 8.67. The lowest BCUT2D eigenvalue weighted by molar-refractivity contribution is 0.165. The summed E-state index contributed by atoms with van der Waals surface area (Å²) in [5.74, 6) is 0.424. The van der Waals surface area contributed by atoms with Crippen molar-refractivity contribution in [3.63, 3.8) is 0 Å². The number of para-hydroxylation sites is 1. The topological polar surface area (TPSA) is 68.5 Å². The van der Waals surface area contributed by atoms with Gasteiger partial charge in [0.2, 0.25) is 0 Å². The summed E-state index contributed by atoms with van der Waals surface area (Å²) in [7, 11) is 0. The molecule has 2 aromatic rings. The minimum Gasteiger partial charge on any atom is -0.298 e. The van der Waals surface area contributed by atoms with Crippen LogP contribution >= 0.6 is 0 Å². The van der Waals surface area contributed by atoms with Gasteiger partial charge in [0.25, 0.3) is 0 Å². The summed E-state index contributed by atoms with van der Waals surface area (Å²) in [6.07, 6.45) is -0.660. The standard InChI is InChI=1S/C20H28N4O2/c1-14(19(2,3)4)23-26-18(25)21-17-13-16(20(5,6)7)24(22-17)15-11-9-8-10-12-15/h8-13H,1-7H3,(H,21,22,25). The Morgan fingerprint density at radius 1 is 1.12 bits per heavy atom. The molecule has 0 aliphatic carbocycles. The van der Waals surface area contributed by atoms with Gasteiger partial charge in [-0.1, -0.05) is 64.9 Å². The predicted octanol–water partition coefficient (Wildman–Crippen LogP) is 5.14. The molecule has 0 radical (unpaired) electrons. The van der Waals surface area contributed by atoms with Gasteiger partial charge >= 0.3 is 6.09 Å². The zero-order chi connectivity index (χ0) is 19.5. The van der Waals surface area contributed by atoms with Crippen molar-refractivity contribution in [3.8, 4) is 5.69 Å². The maximum absolute atomic E-state index is 12.1. The van der Waals surface area contributed by atoms with Gasteiger partial charge in [0.15, 0.2) is 5.82 Å². The molecule has 1 heterocycles. The van der Waals surface area contributed by atoms with Crippen molar-refractivity contribution in [3.05, 3.63) is 42.1 Å². The lowest BCUT2D eigenvalue weighted by Crippen LogP contribution is -2.19. The maximum Gasteiger partial charge on any atom is 0.439 e. The number of amides is 1. The van der Waals surface area contributed by atoms with Crippen LogP contribution in [0.1, 0.15) is 54.2 Å². The molecule has 0 spiro atoms. The minimum atomic E-state index is -0.660. The van der Waals surface area contributed by atoms with E-state index >= 15 is 0 Å². The van der Waals surface area contributed by atoms with E-state index in [9.17, 15) is 4.79 Å². The third-order valence-corrected chi connectivity index (χ3v) is 4.06. The molecule has 0 unspecified atom stereocenters. The number of hydrogen-bond acceptors (Lipinski definition) is 4. The summed E-state index contributed by atoms with van der Waals surface area (Å²) >= 11 is 0. The Balaban J connectivity index is 2.23. The van der Waals surface area contributed by atoms with Crippen LogP contribution in [0, 0.1) is 5.41 Å². The molecule has 6 nitrogen and oxygen atoms in total. The van der Waals surface area contributed by atoms with Gasteiger partial charge in [0.05, 0.1) is 17.1 Å². The third kappa shape index (κ3) is 4.94. The summed E-state index contributed by atoms with van der Waals surface area (Å²) in [4.78, 5) is 17.0. The highest BCUT2D eigenvalue weighted by molar-refractivity contribution is 5.88. The van der Waals surface area contributed by atoms with Crippen LogP contribution in [0.15, 0.2) is 41.6 Å². The lowest BCUT2D eigenvalue weighted by Gasteiger charge is -2.19. The largest absolute Gasteiger partial charge is 0.439 e. The van der Waals surface area contributed by atoms with Gasteiger partial charge < -0.3 is 0 Å². The highest BCUT2D eigenvalue weighted by Crippen LogP contribution is 2.27. The number of hydrogen-bond donors (Lipinski definition) is 1. The van der Waals surface area contributed by atoms with Crippen LogP contribution in [0.25, 0.3) is 5.69 Å². The fourth-order valence-electron chi connectivity index (χ4n) is 2.12. The van der Waals surface area contributed by atoms with Crippen molar-refractivity contribution in [1.82, 2.24) is 9.78 Å². The van der Waals surface area contributed by atoms with E-state index in [2.05, 4.69) is 36.3 Å². The maximum atomic E-state index is 12.1. The number of rotatable bonds is 3. The second-order valence-electron chi connectivity index (χ2n) is 8.34. The summed E-state index contributed by atoms with van der Waals surface area (Å²) in [5.41, 5.74) is 2.34. The van der Waals surface area contributed by atoms with Crippen LogP contribution in [0.5, 0.6) is 0 Å². The van der Waals surface area contributed by atoms with Crippen LogP contribution < -0.4 is 5.32 Å². The molecule has 140 valence electrons. The third-order valence-electron chi connectivity index (χ3n) is 4.06. The fourth-order valence-corrected chi connectivity index (χ4v) is 2.12. The van der Waals surface area contributed by atoms with Crippen molar-refractivity contribution in [2.45, 2.75) is 53.9 Å². The monoisotopic (exact) mass is 356 g/mol. The van der Waals surface area contributed by atoms with Crippen LogP contribution in [0.2, 0.25) is 0 Å². The molecule has 2 rings (SSSR count).